The lowest BCUT2D eigenvalue weighted by Gasteiger charge is -1.98. The number of nitrogens with zero attached hydrogens (tertiary/aromatic N) is 2. The normalized spacial score (nSPS) is 10.6. The fraction of sp³-hybridized carbons (Fsp3) is 0.273. The van der Waals surface area contributed by atoms with E-state index in [4.69, 9.17) is 21.9 Å². The summed E-state index contributed by atoms with van der Waals surface area (Å²) in [7, 11) is 0. The summed E-state index contributed by atoms with van der Waals surface area (Å²) in [6, 6.07) is 5.19. The summed E-state index contributed by atoms with van der Waals surface area (Å²) in [6.07, 6.45) is 1.79. The molecule has 16 heavy (non-hydrogen) atoms. The Morgan fingerprint density at radius 1 is 1.38 bits per heavy atom. The van der Waals surface area contributed by atoms with Gasteiger partial charge in [-0.2, -0.15) is 4.98 Å². The molecule has 0 saturated carbocycles. The van der Waals surface area contributed by atoms with Gasteiger partial charge in [-0.05, 0) is 24.6 Å². The first kappa shape index (κ1) is 11.0. The molecule has 0 amide bonds. The highest BCUT2D eigenvalue weighted by Crippen LogP contribution is 2.24. The lowest BCUT2D eigenvalue weighted by Crippen LogP contribution is -1.88. The lowest BCUT2D eigenvalue weighted by atomic mass is 10.2. The van der Waals surface area contributed by atoms with Crippen LogP contribution < -0.4 is 5.73 Å². The van der Waals surface area contributed by atoms with E-state index in [-0.39, 0.29) is 0 Å². The van der Waals surface area contributed by atoms with Crippen molar-refractivity contribution in [1.82, 2.24) is 10.1 Å². The molecule has 0 saturated heterocycles. The fourth-order valence-corrected chi connectivity index (χ4v) is 1.68. The van der Waals surface area contributed by atoms with Crippen molar-refractivity contribution in [3.05, 3.63) is 29.0 Å². The van der Waals surface area contributed by atoms with Crippen LogP contribution in [0.3, 0.4) is 0 Å². The second kappa shape index (κ2) is 4.53. The van der Waals surface area contributed by atoms with Crippen molar-refractivity contribution < 1.29 is 4.52 Å². The maximum atomic E-state index is 5.90. The summed E-state index contributed by atoms with van der Waals surface area (Å²) < 4.78 is 5.14. The number of anilines is 1. The summed E-state index contributed by atoms with van der Waals surface area (Å²) in [6.45, 7) is 2.06. The highest BCUT2D eigenvalue weighted by Gasteiger charge is 2.09. The smallest absolute Gasteiger partial charge is 0.258 e. The van der Waals surface area contributed by atoms with E-state index in [1.807, 2.05) is 0 Å². The molecule has 0 aliphatic carbocycles. The standard InChI is InChI=1S/C11H12ClN3O/c1-2-3-10-14-11(16-15-10)7-4-8(12)6-9(13)5-7/h4-6H,2-3,13H2,1H3. The molecule has 0 radical (unpaired) electrons. The van der Waals surface area contributed by atoms with Crippen LogP contribution in [0.15, 0.2) is 22.7 Å². The molecule has 5 heteroatoms. The third-order valence-electron chi connectivity index (χ3n) is 2.11. The van der Waals surface area contributed by atoms with Gasteiger partial charge in [-0.1, -0.05) is 23.7 Å². The van der Waals surface area contributed by atoms with Gasteiger partial charge in [-0.25, -0.2) is 0 Å². The van der Waals surface area contributed by atoms with Crippen LogP contribution >= 0.6 is 11.6 Å². The number of aryl methyl sites for hydroxylation is 1. The van der Waals surface area contributed by atoms with Crippen molar-refractivity contribution >= 4 is 17.3 Å². The summed E-state index contributed by atoms with van der Waals surface area (Å²) >= 11 is 5.90. The Labute approximate surface area is 98.4 Å². The molecule has 84 valence electrons. The van der Waals surface area contributed by atoms with Gasteiger partial charge >= 0.3 is 0 Å². The topological polar surface area (TPSA) is 64.9 Å². The molecule has 2 aromatic rings. The zero-order valence-corrected chi connectivity index (χ0v) is 9.66. The molecule has 0 aliphatic heterocycles. The van der Waals surface area contributed by atoms with E-state index in [1.54, 1.807) is 18.2 Å². The van der Waals surface area contributed by atoms with Crippen molar-refractivity contribution in [3.63, 3.8) is 0 Å². The monoisotopic (exact) mass is 237 g/mol. The minimum absolute atomic E-state index is 0.456. The highest BCUT2D eigenvalue weighted by atomic mass is 35.5. The number of hydrogen-bond acceptors (Lipinski definition) is 4. The van der Waals surface area contributed by atoms with Crippen LogP contribution in [-0.4, -0.2) is 10.1 Å². The van der Waals surface area contributed by atoms with E-state index in [2.05, 4.69) is 17.1 Å². The summed E-state index contributed by atoms with van der Waals surface area (Å²) in [5.74, 6) is 1.16. The van der Waals surface area contributed by atoms with Gasteiger partial charge in [0.2, 0.25) is 0 Å². The molecular weight excluding hydrogens is 226 g/mol. The van der Waals surface area contributed by atoms with Gasteiger partial charge in [-0.3, -0.25) is 0 Å². The Morgan fingerprint density at radius 3 is 2.88 bits per heavy atom. The van der Waals surface area contributed by atoms with E-state index in [1.165, 1.54) is 0 Å². The van der Waals surface area contributed by atoms with E-state index in [9.17, 15) is 0 Å². The molecular formula is C11H12ClN3O. The number of rotatable bonds is 3. The molecule has 0 aliphatic rings. The van der Waals surface area contributed by atoms with Crippen molar-refractivity contribution in [3.8, 4) is 11.5 Å². The van der Waals surface area contributed by atoms with E-state index >= 15 is 0 Å². The predicted octanol–water partition coefficient (Wildman–Crippen LogP) is 2.92. The van der Waals surface area contributed by atoms with Gasteiger partial charge in [0.1, 0.15) is 0 Å². The Balaban J connectivity index is 2.34. The van der Waals surface area contributed by atoms with Crippen LogP contribution in [0.1, 0.15) is 19.2 Å². The molecule has 2 rings (SSSR count). The average Bonchev–Trinajstić information content (AvgIpc) is 2.65. The molecule has 4 nitrogen and oxygen atoms in total. The molecule has 0 atom stereocenters. The molecule has 0 fully saturated rings. The first-order chi connectivity index (χ1) is 7.69. The third-order valence-corrected chi connectivity index (χ3v) is 2.33. The second-order valence-corrected chi connectivity index (χ2v) is 3.98. The van der Waals surface area contributed by atoms with Crippen LogP contribution in [-0.2, 0) is 6.42 Å². The van der Waals surface area contributed by atoms with Gasteiger partial charge in [-0.15, -0.1) is 0 Å². The van der Waals surface area contributed by atoms with Crippen LogP contribution in [0.4, 0.5) is 5.69 Å². The number of halogens is 1. The van der Waals surface area contributed by atoms with Crippen LogP contribution in [0, 0.1) is 0 Å². The number of hydrogen-bond donors (Lipinski definition) is 1. The SMILES string of the molecule is CCCc1noc(-c2cc(N)cc(Cl)c2)n1. The number of aromatic nitrogens is 2. The maximum Gasteiger partial charge on any atom is 0.258 e. The fourth-order valence-electron chi connectivity index (χ4n) is 1.43. The zero-order valence-electron chi connectivity index (χ0n) is 8.90. The van der Waals surface area contributed by atoms with Crippen molar-refractivity contribution in [2.24, 2.45) is 0 Å². The lowest BCUT2D eigenvalue weighted by molar-refractivity contribution is 0.422. The summed E-state index contributed by atoms with van der Waals surface area (Å²) in [5.41, 5.74) is 7.02. The quantitative estimate of drug-likeness (QED) is 0.834. The van der Waals surface area contributed by atoms with Crippen molar-refractivity contribution in [2.45, 2.75) is 19.8 Å². The predicted molar refractivity (Wildman–Crippen MR) is 63.2 cm³/mol. The summed E-state index contributed by atoms with van der Waals surface area (Å²) in [5, 5.41) is 4.43. The molecule has 1 aromatic carbocycles. The van der Waals surface area contributed by atoms with Crippen LogP contribution in [0.5, 0.6) is 0 Å². The van der Waals surface area contributed by atoms with E-state index in [0.717, 1.165) is 18.4 Å². The molecule has 1 aromatic heterocycles. The van der Waals surface area contributed by atoms with Gasteiger partial charge < -0.3 is 10.3 Å². The van der Waals surface area contributed by atoms with E-state index in [0.29, 0.717) is 22.4 Å². The minimum atomic E-state index is 0.456. The maximum absolute atomic E-state index is 5.90. The summed E-state index contributed by atoms with van der Waals surface area (Å²) in [4.78, 5) is 4.26. The Bertz CT molecular complexity index is 475. The first-order valence-corrected chi connectivity index (χ1v) is 5.46. The van der Waals surface area contributed by atoms with Crippen LogP contribution in [0.25, 0.3) is 11.5 Å². The van der Waals surface area contributed by atoms with Crippen molar-refractivity contribution in [2.75, 3.05) is 5.73 Å². The number of nitrogen functional groups attached to an aromatic ring is 1. The van der Waals surface area contributed by atoms with Gasteiger partial charge in [0.25, 0.3) is 5.89 Å². The third kappa shape index (κ3) is 2.33. The molecule has 0 spiro atoms. The van der Waals surface area contributed by atoms with Crippen molar-refractivity contribution in [1.29, 1.82) is 0 Å². The molecule has 2 N–H and O–H groups in total. The molecule has 0 bridgehead atoms. The Kier molecular flexibility index (Phi) is 3.10. The Hall–Kier alpha value is -1.55. The number of nitrogens with two attached hydrogens (primary N) is 1. The minimum Gasteiger partial charge on any atom is -0.399 e. The van der Waals surface area contributed by atoms with Crippen LogP contribution in [0.2, 0.25) is 5.02 Å². The molecule has 1 heterocycles. The Morgan fingerprint density at radius 2 is 2.19 bits per heavy atom. The second-order valence-electron chi connectivity index (χ2n) is 3.54. The largest absolute Gasteiger partial charge is 0.399 e. The average molecular weight is 238 g/mol. The number of benzene rings is 1. The first-order valence-electron chi connectivity index (χ1n) is 5.08. The van der Waals surface area contributed by atoms with E-state index < -0.39 is 0 Å². The van der Waals surface area contributed by atoms with Gasteiger partial charge in [0, 0.05) is 22.7 Å². The highest BCUT2D eigenvalue weighted by molar-refractivity contribution is 6.31. The van der Waals surface area contributed by atoms with Gasteiger partial charge in [0.15, 0.2) is 5.82 Å². The molecule has 0 unspecified atom stereocenters. The van der Waals surface area contributed by atoms with Gasteiger partial charge in [0.05, 0.1) is 0 Å². The zero-order chi connectivity index (χ0) is 11.5.